The van der Waals surface area contributed by atoms with E-state index in [1.807, 2.05) is 0 Å². The van der Waals surface area contributed by atoms with Gasteiger partial charge < -0.3 is 14.8 Å². The second-order valence-corrected chi connectivity index (χ2v) is 12.9. The fourth-order valence-electron chi connectivity index (χ4n) is 5.53. The van der Waals surface area contributed by atoms with E-state index in [1.165, 1.54) is 49.6 Å². The average Bonchev–Trinajstić information content (AvgIpc) is 2.99. The van der Waals surface area contributed by atoms with Crippen LogP contribution in [0.2, 0.25) is 5.02 Å². The molecule has 14 heteroatoms. The van der Waals surface area contributed by atoms with Crippen LogP contribution in [0.25, 0.3) is 0 Å². The number of carbonyl (C=O) groups is 2. The predicted molar refractivity (Wildman–Crippen MR) is 163 cm³/mol. The number of allylic oxidation sites excluding steroid dienone is 2. The summed E-state index contributed by atoms with van der Waals surface area (Å²) >= 11 is 5.85. The number of nitro groups is 1. The zero-order valence-corrected chi connectivity index (χ0v) is 26.2. The number of dihydropyridines is 1. The third kappa shape index (κ3) is 7.83. The number of hydrogen-bond acceptors (Lipinski definition) is 10. The first kappa shape index (κ1) is 33.1. The topological polar surface area (TPSA) is 157 Å². The number of sulfonamides is 1. The van der Waals surface area contributed by atoms with Crippen molar-refractivity contribution >= 4 is 39.3 Å². The van der Waals surface area contributed by atoms with Gasteiger partial charge in [0.25, 0.3) is 5.69 Å². The van der Waals surface area contributed by atoms with Crippen molar-refractivity contribution in [3.63, 3.8) is 0 Å². The van der Waals surface area contributed by atoms with Gasteiger partial charge in [0.1, 0.15) is 6.10 Å². The van der Waals surface area contributed by atoms with Gasteiger partial charge in [0.05, 0.1) is 34.0 Å². The lowest BCUT2D eigenvalue weighted by atomic mass is 9.80. The van der Waals surface area contributed by atoms with E-state index < -0.39 is 38.9 Å². The smallest absolute Gasteiger partial charge is 0.337 e. The van der Waals surface area contributed by atoms with Crippen molar-refractivity contribution in [2.75, 3.05) is 33.3 Å². The standard InChI is InChI=1S/C30H35ClN4O8S/c1-19-26(29(36)42-3)28(21-7-4-8-23(17-21)35(38)39)27(20(2)33-19)30(37)43-24-9-5-15-34(18-24)16-6-14-32-44(40,41)25-12-10-22(31)11-13-25/h4,7-8,10-13,17,24,28,32-33H,5-6,9,14-16,18H2,1-3H3/t24?,28-/m0/s1. The number of methoxy groups -OCH3 is 1. The molecule has 0 aliphatic carbocycles. The Morgan fingerprint density at radius 2 is 1.80 bits per heavy atom. The Bertz CT molecular complexity index is 1590. The van der Waals surface area contributed by atoms with Gasteiger partial charge >= 0.3 is 11.9 Å². The van der Waals surface area contributed by atoms with E-state index in [0.717, 1.165) is 13.0 Å². The zero-order valence-electron chi connectivity index (χ0n) is 24.7. The molecule has 0 spiro atoms. The van der Waals surface area contributed by atoms with Crippen LogP contribution in [0.15, 0.2) is 76.0 Å². The van der Waals surface area contributed by atoms with Gasteiger partial charge in [0, 0.05) is 41.6 Å². The number of halogens is 1. The number of esters is 2. The number of non-ortho nitro benzene ring substituents is 1. The fraction of sp³-hybridized carbons (Fsp3) is 0.400. The quantitative estimate of drug-likeness (QED) is 0.158. The fourth-order valence-corrected chi connectivity index (χ4v) is 6.73. The SMILES string of the molecule is COC(=O)C1=C(C)NC(C)=C(C(=O)OC2CCCN(CCCNS(=O)(=O)c3ccc(Cl)cc3)C2)[C@H]1c1cccc([N+](=O)[O-])c1. The number of nitro benzene ring substituents is 1. The lowest BCUT2D eigenvalue weighted by Gasteiger charge is -2.34. The molecule has 0 bridgehead atoms. The van der Waals surface area contributed by atoms with Gasteiger partial charge in [0.2, 0.25) is 10.0 Å². The van der Waals surface area contributed by atoms with Gasteiger partial charge in [-0.1, -0.05) is 23.7 Å². The van der Waals surface area contributed by atoms with Crippen molar-refractivity contribution in [3.8, 4) is 0 Å². The molecule has 0 amide bonds. The highest BCUT2D eigenvalue weighted by Gasteiger charge is 2.39. The van der Waals surface area contributed by atoms with Crippen LogP contribution in [0, 0.1) is 10.1 Å². The Labute approximate surface area is 261 Å². The molecule has 12 nitrogen and oxygen atoms in total. The van der Waals surface area contributed by atoms with Crippen molar-refractivity contribution in [2.24, 2.45) is 0 Å². The number of hydrogen-bond donors (Lipinski definition) is 2. The van der Waals surface area contributed by atoms with Crippen LogP contribution in [-0.2, 0) is 29.1 Å². The number of piperidine rings is 1. The molecule has 2 aromatic carbocycles. The molecule has 2 aliphatic rings. The van der Waals surface area contributed by atoms with Gasteiger partial charge in [-0.15, -0.1) is 0 Å². The minimum atomic E-state index is -3.66. The molecule has 2 aliphatic heterocycles. The van der Waals surface area contributed by atoms with E-state index in [2.05, 4.69) is 14.9 Å². The highest BCUT2D eigenvalue weighted by atomic mass is 35.5. The van der Waals surface area contributed by atoms with Crippen molar-refractivity contribution in [1.82, 2.24) is 14.9 Å². The minimum absolute atomic E-state index is 0.137. The average molecular weight is 647 g/mol. The van der Waals surface area contributed by atoms with Crippen molar-refractivity contribution in [2.45, 2.75) is 50.0 Å². The number of ether oxygens (including phenoxy) is 2. The first-order valence-electron chi connectivity index (χ1n) is 14.1. The van der Waals surface area contributed by atoms with E-state index in [0.29, 0.717) is 47.9 Å². The molecule has 4 rings (SSSR count). The summed E-state index contributed by atoms with van der Waals surface area (Å²) in [7, 11) is -2.43. The maximum absolute atomic E-state index is 13.7. The summed E-state index contributed by atoms with van der Waals surface area (Å²) in [5.41, 5.74) is 1.49. The zero-order chi connectivity index (χ0) is 32.0. The van der Waals surface area contributed by atoms with Crippen molar-refractivity contribution in [1.29, 1.82) is 0 Å². The summed E-state index contributed by atoms with van der Waals surface area (Å²) in [6, 6.07) is 11.8. The van der Waals surface area contributed by atoms with Crippen LogP contribution in [0.4, 0.5) is 5.69 Å². The normalized spacial score (nSPS) is 19.4. The van der Waals surface area contributed by atoms with E-state index in [1.54, 1.807) is 19.9 Å². The maximum Gasteiger partial charge on any atom is 0.337 e. The van der Waals surface area contributed by atoms with Gasteiger partial charge in [-0.3, -0.25) is 15.0 Å². The van der Waals surface area contributed by atoms with E-state index in [-0.39, 0.29) is 28.3 Å². The number of carbonyl (C=O) groups excluding carboxylic acids is 2. The van der Waals surface area contributed by atoms with Crippen molar-refractivity contribution in [3.05, 3.63) is 91.8 Å². The monoisotopic (exact) mass is 646 g/mol. The van der Waals surface area contributed by atoms with Crippen molar-refractivity contribution < 1.29 is 32.4 Å². The summed E-state index contributed by atoms with van der Waals surface area (Å²) in [5, 5.41) is 15.0. The van der Waals surface area contributed by atoms with Gasteiger partial charge in [-0.2, -0.15) is 0 Å². The third-order valence-corrected chi connectivity index (χ3v) is 9.33. The Balaban J connectivity index is 1.43. The predicted octanol–water partition coefficient (Wildman–Crippen LogP) is 4.03. The van der Waals surface area contributed by atoms with E-state index >= 15 is 0 Å². The number of benzene rings is 2. The Kier molecular flexibility index (Phi) is 10.8. The Hall–Kier alpha value is -3.78. The highest BCUT2D eigenvalue weighted by Crippen LogP contribution is 2.40. The largest absolute Gasteiger partial charge is 0.466 e. The molecule has 2 atom stereocenters. The van der Waals surface area contributed by atoms with Crippen LogP contribution in [-0.4, -0.2) is 69.6 Å². The minimum Gasteiger partial charge on any atom is -0.466 e. The molecule has 1 saturated heterocycles. The highest BCUT2D eigenvalue weighted by molar-refractivity contribution is 7.89. The Morgan fingerprint density at radius 1 is 1.11 bits per heavy atom. The van der Waals surface area contributed by atoms with Crippen LogP contribution in [0.3, 0.4) is 0 Å². The summed E-state index contributed by atoms with van der Waals surface area (Å²) < 4.78 is 38.6. The Morgan fingerprint density at radius 3 is 2.45 bits per heavy atom. The summed E-state index contributed by atoms with van der Waals surface area (Å²) in [4.78, 5) is 39.8. The number of nitrogens with one attached hydrogen (secondary N) is 2. The molecule has 2 N–H and O–H groups in total. The molecule has 44 heavy (non-hydrogen) atoms. The molecular formula is C30H35ClN4O8S. The molecule has 0 aromatic heterocycles. The number of rotatable bonds is 11. The number of likely N-dealkylation sites (tertiary alicyclic amines) is 1. The molecule has 1 unspecified atom stereocenters. The van der Waals surface area contributed by atoms with E-state index in [9.17, 15) is 28.1 Å². The second-order valence-electron chi connectivity index (χ2n) is 10.7. The summed E-state index contributed by atoms with van der Waals surface area (Å²) in [6.45, 7) is 5.41. The lowest BCUT2D eigenvalue weighted by molar-refractivity contribution is -0.384. The molecule has 236 valence electrons. The first-order valence-corrected chi connectivity index (χ1v) is 16.0. The van der Waals surface area contributed by atoms with Crippen LogP contribution in [0.5, 0.6) is 0 Å². The van der Waals surface area contributed by atoms with Gasteiger partial charge in [-0.05, 0) is 76.0 Å². The molecular weight excluding hydrogens is 612 g/mol. The molecule has 2 aromatic rings. The lowest BCUT2D eigenvalue weighted by Crippen LogP contribution is -2.42. The molecule has 1 fully saturated rings. The third-order valence-electron chi connectivity index (χ3n) is 7.60. The van der Waals surface area contributed by atoms with E-state index in [4.69, 9.17) is 21.1 Å². The summed E-state index contributed by atoms with van der Waals surface area (Å²) in [6.07, 6.45) is 1.50. The van der Waals surface area contributed by atoms with Crippen LogP contribution in [0.1, 0.15) is 44.6 Å². The van der Waals surface area contributed by atoms with Gasteiger partial charge in [0.15, 0.2) is 0 Å². The number of nitrogens with zero attached hydrogens (tertiary/aromatic N) is 2. The van der Waals surface area contributed by atoms with Gasteiger partial charge in [-0.25, -0.2) is 22.7 Å². The van der Waals surface area contributed by atoms with Crippen LogP contribution >= 0.6 is 11.6 Å². The maximum atomic E-state index is 13.7. The summed E-state index contributed by atoms with van der Waals surface area (Å²) in [5.74, 6) is -2.24. The first-order chi connectivity index (χ1) is 20.9. The molecule has 2 heterocycles. The second kappa shape index (κ2) is 14.3. The molecule has 0 saturated carbocycles. The molecule has 0 radical (unpaired) electrons. The van der Waals surface area contributed by atoms with Crippen LogP contribution < -0.4 is 10.0 Å².